The normalized spacial score (nSPS) is 10.9. The summed E-state index contributed by atoms with van der Waals surface area (Å²) < 4.78 is 4.81. The number of aromatic nitrogens is 2. The molecule has 290 valence electrons. The predicted octanol–water partition coefficient (Wildman–Crippen LogP) is 13.5. The van der Waals surface area contributed by atoms with Crippen LogP contribution in [-0.2, 0) is 22.4 Å². The minimum Gasteiger partial charge on any atom is -0.469 e. The number of hydrogen-bond donors (Lipinski definition) is 0. The van der Waals surface area contributed by atoms with Gasteiger partial charge in [-0.15, -0.1) is 0 Å². The molecule has 0 bridgehead atoms. The standard InChI is InChI=1S/C53H46N4O2/c1-3-10-39-15-26-47(27-16-39)56(45-11-6-4-7-12-45)49-30-20-41(21-31-49)43-24-34-51(54-37-43)52-35-25-44(38-55-52)42-22-32-50(33-23-42)57(46-13-8-5-9-14-46)48-28-17-40(18-29-48)19-36-53(58)59-2/h4-9,11-18,20-35,37-38H,3,10,19,36H2,1-2H3. The van der Waals surface area contributed by atoms with Crippen LogP contribution in [0.4, 0.5) is 34.1 Å². The Labute approximate surface area is 347 Å². The summed E-state index contributed by atoms with van der Waals surface area (Å²) in [6.45, 7) is 2.21. The first-order chi connectivity index (χ1) is 29.1. The van der Waals surface area contributed by atoms with Crippen LogP contribution in [0.25, 0.3) is 33.6 Å². The third-order valence-electron chi connectivity index (χ3n) is 10.5. The van der Waals surface area contributed by atoms with E-state index in [1.54, 1.807) is 0 Å². The highest BCUT2D eigenvalue weighted by Crippen LogP contribution is 2.37. The number of esters is 1. The monoisotopic (exact) mass is 770 g/mol. The zero-order valence-corrected chi connectivity index (χ0v) is 33.4. The van der Waals surface area contributed by atoms with Crippen LogP contribution in [0.5, 0.6) is 0 Å². The molecule has 0 amide bonds. The van der Waals surface area contributed by atoms with Crippen molar-refractivity contribution in [2.75, 3.05) is 16.9 Å². The number of rotatable bonds is 14. The average Bonchev–Trinajstić information content (AvgIpc) is 3.31. The number of nitrogens with zero attached hydrogens (tertiary/aromatic N) is 4. The van der Waals surface area contributed by atoms with Crippen LogP contribution < -0.4 is 9.80 Å². The van der Waals surface area contributed by atoms with E-state index in [-0.39, 0.29) is 5.97 Å². The van der Waals surface area contributed by atoms with Crippen molar-refractivity contribution < 1.29 is 9.53 Å². The minimum absolute atomic E-state index is 0.204. The van der Waals surface area contributed by atoms with Crippen molar-refractivity contribution in [3.63, 3.8) is 0 Å². The second-order valence-electron chi connectivity index (χ2n) is 14.5. The molecule has 0 saturated carbocycles. The first-order valence-electron chi connectivity index (χ1n) is 20.1. The molecule has 0 saturated heterocycles. The maximum Gasteiger partial charge on any atom is 0.305 e. The number of ether oxygens (including phenoxy) is 1. The van der Waals surface area contributed by atoms with Crippen molar-refractivity contribution in [3.05, 3.63) is 206 Å². The molecule has 0 aliphatic heterocycles. The Morgan fingerprint density at radius 1 is 0.441 bits per heavy atom. The van der Waals surface area contributed by atoms with Crippen molar-refractivity contribution in [1.82, 2.24) is 9.97 Å². The number of aryl methyl sites for hydroxylation is 2. The Hall–Kier alpha value is -7.31. The number of methoxy groups -OCH3 is 1. The lowest BCUT2D eigenvalue weighted by atomic mass is 10.0. The van der Waals surface area contributed by atoms with E-state index in [1.165, 1.54) is 12.7 Å². The second kappa shape index (κ2) is 18.3. The fourth-order valence-electron chi connectivity index (χ4n) is 7.35. The Bertz CT molecular complexity index is 2560. The van der Waals surface area contributed by atoms with Crippen LogP contribution in [0, 0.1) is 0 Å². The predicted molar refractivity (Wildman–Crippen MR) is 242 cm³/mol. The van der Waals surface area contributed by atoms with Crippen LogP contribution in [0.15, 0.2) is 194 Å². The zero-order valence-electron chi connectivity index (χ0n) is 33.4. The fourth-order valence-corrected chi connectivity index (χ4v) is 7.35. The molecular weight excluding hydrogens is 725 g/mol. The van der Waals surface area contributed by atoms with Gasteiger partial charge in [0.05, 0.1) is 18.5 Å². The SMILES string of the molecule is CCCc1ccc(N(c2ccccc2)c2ccc(-c3ccc(-c4ccc(-c5ccc(N(c6ccccc6)c6ccc(CCC(=O)OC)cc6)cc5)cn4)nc3)cc2)cc1. The Morgan fingerprint density at radius 3 is 1.15 bits per heavy atom. The summed E-state index contributed by atoms with van der Waals surface area (Å²) in [7, 11) is 1.42. The zero-order chi connectivity index (χ0) is 40.4. The van der Waals surface area contributed by atoms with Gasteiger partial charge in [0.15, 0.2) is 0 Å². The molecular formula is C53H46N4O2. The van der Waals surface area contributed by atoms with Gasteiger partial charge in [-0.3, -0.25) is 14.8 Å². The van der Waals surface area contributed by atoms with E-state index in [9.17, 15) is 4.79 Å². The largest absolute Gasteiger partial charge is 0.469 e. The van der Waals surface area contributed by atoms with Gasteiger partial charge < -0.3 is 14.5 Å². The van der Waals surface area contributed by atoms with Gasteiger partial charge in [0, 0.05) is 64.1 Å². The highest BCUT2D eigenvalue weighted by Gasteiger charge is 2.15. The van der Waals surface area contributed by atoms with E-state index in [2.05, 4.69) is 168 Å². The number of benzene rings is 6. The highest BCUT2D eigenvalue weighted by molar-refractivity contribution is 5.80. The Morgan fingerprint density at radius 2 is 0.797 bits per heavy atom. The smallest absolute Gasteiger partial charge is 0.305 e. The molecule has 0 spiro atoms. The average molecular weight is 771 g/mol. The molecule has 6 nitrogen and oxygen atoms in total. The van der Waals surface area contributed by atoms with Gasteiger partial charge in [0.25, 0.3) is 0 Å². The van der Waals surface area contributed by atoms with E-state index in [0.717, 1.165) is 86.2 Å². The third-order valence-corrected chi connectivity index (χ3v) is 10.5. The maximum atomic E-state index is 11.7. The first kappa shape index (κ1) is 38.6. The summed E-state index contributed by atoms with van der Waals surface area (Å²) in [5.41, 5.74) is 14.8. The van der Waals surface area contributed by atoms with Crippen LogP contribution in [0.1, 0.15) is 30.9 Å². The number of para-hydroxylation sites is 2. The molecule has 0 aliphatic rings. The molecule has 0 radical (unpaired) electrons. The molecule has 0 N–H and O–H groups in total. The lowest BCUT2D eigenvalue weighted by Crippen LogP contribution is -2.10. The minimum atomic E-state index is -0.204. The summed E-state index contributed by atoms with van der Waals surface area (Å²) in [6, 6.07) is 63.6. The van der Waals surface area contributed by atoms with E-state index in [0.29, 0.717) is 12.8 Å². The summed E-state index contributed by atoms with van der Waals surface area (Å²) in [6.07, 6.45) is 7.05. The summed E-state index contributed by atoms with van der Waals surface area (Å²) in [4.78, 5) is 25.8. The highest BCUT2D eigenvalue weighted by atomic mass is 16.5. The molecule has 2 aromatic heterocycles. The lowest BCUT2D eigenvalue weighted by molar-refractivity contribution is -0.140. The second-order valence-corrected chi connectivity index (χ2v) is 14.5. The van der Waals surface area contributed by atoms with Gasteiger partial charge in [0.2, 0.25) is 0 Å². The van der Waals surface area contributed by atoms with E-state index >= 15 is 0 Å². The van der Waals surface area contributed by atoms with Gasteiger partial charge in [-0.1, -0.05) is 110 Å². The quantitative estimate of drug-likeness (QED) is 0.103. The molecule has 6 heteroatoms. The molecule has 0 atom stereocenters. The topological polar surface area (TPSA) is 58.6 Å². The fraction of sp³-hybridized carbons (Fsp3) is 0.113. The number of carbonyl (C=O) groups excluding carboxylic acids is 1. The van der Waals surface area contributed by atoms with Crippen molar-refractivity contribution in [2.24, 2.45) is 0 Å². The molecule has 0 aliphatic carbocycles. The molecule has 0 unspecified atom stereocenters. The van der Waals surface area contributed by atoms with E-state index in [4.69, 9.17) is 14.7 Å². The number of anilines is 6. The summed E-state index contributed by atoms with van der Waals surface area (Å²) in [5, 5.41) is 0. The number of pyridine rings is 2. The van der Waals surface area contributed by atoms with Gasteiger partial charge in [-0.2, -0.15) is 0 Å². The van der Waals surface area contributed by atoms with Gasteiger partial charge >= 0.3 is 5.97 Å². The number of hydrogen-bond acceptors (Lipinski definition) is 6. The van der Waals surface area contributed by atoms with E-state index in [1.807, 2.05) is 42.7 Å². The van der Waals surface area contributed by atoms with Crippen LogP contribution >= 0.6 is 0 Å². The maximum absolute atomic E-state index is 11.7. The van der Waals surface area contributed by atoms with Crippen molar-refractivity contribution >= 4 is 40.1 Å². The lowest BCUT2D eigenvalue weighted by Gasteiger charge is -2.26. The van der Waals surface area contributed by atoms with Crippen LogP contribution in [0.3, 0.4) is 0 Å². The van der Waals surface area contributed by atoms with Crippen molar-refractivity contribution in [2.45, 2.75) is 32.6 Å². The third kappa shape index (κ3) is 9.14. The molecule has 6 aromatic carbocycles. The number of carbonyl (C=O) groups is 1. The van der Waals surface area contributed by atoms with Gasteiger partial charge in [0.1, 0.15) is 0 Å². The van der Waals surface area contributed by atoms with Crippen LogP contribution in [-0.4, -0.2) is 23.0 Å². The Kier molecular flexibility index (Phi) is 12.0. The van der Waals surface area contributed by atoms with Gasteiger partial charge in [-0.05, 0) is 120 Å². The molecule has 2 heterocycles. The molecule has 59 heavy (non-hydrogen) atoms. The van der Waals surface area contributed by atoms with Crippen molar-refractivity contribution in [3.8, 4) is 33.6 Å². The molecule has 0 fully saturated rings. The first-order valence-corrected chi connectivity index (χ1v) is 20.1. The molecule has 8 rings (SSSR count). The Balaban J connectivity index is 0.961. The van der Waals surface area contributed by atoms with Gasteiger partial charge in [-0.25, -0.2) is 0 Å². The summed E-state index contributed by atoms with van der Waals surface area (Å²) >= 11 is 0. The van der Waals surface area contributed by atoms with Crippen LogP contribution in [0.2, 0.25) is 0 Å². The van der Waals surface area contributed by atoms with Crippen molar-refractivity contribution in [1.29, 1.82) is 0 Å². The summed E-state index contributed by atoms with van der Waals surface area (Å²) in [5.74, 6) is -0.204. The van der Waals surface area contributed by atoms with E-state index < -0.39 is 0 Å². The molecule has 8 aromatic rings.